The second-order valence-corrected chi connectivity index (χ2v) is 8.29. The van der Waals surface area contributed by atoms with Gasteiger partial charge in [-0.15, -0.1) is 0 Å². The Kier molecular flexibility index (Phi) is 6.71. The summed E-state index contributed by atoms with van der Waals surface area (Å²) in [7, 11) is 0. The molecule has 0 radical (unpaired) electrons. The Balaban J connectivity index is 1.40. The highest BCUT2D eigenvalue weighted by Crippen LogP contribution is 2.31. The van der Waals surface area contributed by atoms with Crippen LogP contribution in [0.4, 0.5) is 4.39 Å². The van der Waals surface area contributed by atoms with Crippen LogP contribution in [0.3, 0.4) is 0 Å². The van der Waals surface area contributed by atoms with Crippen molar-refractivity contribution in [2.24, 2.45) is 5.92 Å². The van der Waals surface area contributed by atoms with Crippen molar-refractivity contribution in [2.75, 3.05) is 13.2 Å². The molecule has 3 rings (SSSR count). The average molecular weight is 361 g/mol. The fourth-order valence-corrected chi connectivity index (χ4v) is 3.10. The standard InChI is InChI=1S/C22H33FN2O/c1-22(2,25-24-14-5-3-4-7-17-8-6-9-17)19-12-13-20(23)21(15-19)26-16-18-10-11-18/h7,12-13,15,18,24-25H,3-6,8-11,14,16H2,1-2H3. The molecule has 0 heterocycles. The van der Waals surface area contributed by atoms with Crippen LogP contribution in [0.25, 0.3) is 0 Å². The van der Waals surface area contributed by atoms with Gasteiger partial charge in [-0.25, -0.2) is 9.82 Å². The highest BCUT2D eigenvalue weighted by atomic mass is 19.1. The van der Waals surface area contributed by atoms with Crippen LogP contribution in [0.1, 0.15) is 70.8 Å². The van der Waals surface area contributed by atoms with Gasteiger partial charge in [-0.1, -0.05) is 17.7 Å². The molecule has 0 unspecified atom stereocenters. The summed E-state index contributed by atoms with van der Waals surface area (Å²) in [4.78, 5) is 0. The summed E-state index contributed by atoms with van der Waals surface area (Å²) >= 11 is 0. The normalized spacial score (nSPS) is 17.1. The van der Waals surface area contributed by atoms with Crippen LogP contribution in [0.2, 0.25) is 0 Å². The molecule has 0 atom stereocenters. The molecule has 0 bridgehead atoms. The molecular formula is C22H33FN2O. The first kappa shape index (κ1) is 19.4. The molecule has 0 saturated heterocycles. The Hall–Kier alpha value is -1.39. The predicted octanol–water partition coefficient (Wildman–Crippen LogP) is 5.22. The van der Waals surface area contributed by atoms with E-state index in [0.29, 0.717) is 18.3 Å². The second kappa shape index (κ2) is 9.01. The first-order valence-corrected chi connectivity index (χ1v) is 10.2. The van der Waals surface area contributed by atoms with E-state index in [0.717, 1.165) is 18.5 Å². The monoisotopic (exact) mass is 360 g/mol. The van der Waals surface area contributed by atoms with E-state index in [2.05, 4.69) is 30.8 Å². The molecular weight excluding hydrogens is 327 g/mol. The van der Waals surface area contributed by atoms with Crippen LogP contribution < -0.4 is 15.6 Å². The van der Waals surface area contributed by atoms with Crippen molar-refractivity contribution in [3.05, 3.63) is 41.2 Å². The molecule has 1 aromatic rings. The van der Waals surface area contributed by atoms with Crippen molar-refractivity contribution in [2.45, 2.75) is 70.8 Å². The number of unbranched alkanes of at least 4 members (excludes halogenated alkanes) is 2. The largest absolute Gasteiger partial charge is 0.490 e. The van der Waals surface area contributed by atoms with Crippen molar-refractivity contribution < 1.29 is 9.13 Å². The Morgan fingerprint density at radius 3 is 2.73 bits per heavy atom. The number of nitrogens with one attached hydrogen (secondary N) is 2. The lowest BCUT2D eigenvalue weighted by molar-refractivity contribution is 0.282. The quantitative estimate of drug-likeness (QED) is 0.322. The first-order valence-electron chi connectivity index (χ1n) is 10.2. The Bertz CT molecular complexity index is 617. The third-order valence-electron chi connectivity index (χ3n) is 5.41. The lowest BCUT2D eigenvalue weighted by Crippen LogP contribution is -2.46. The molecule has 0 spiro atoms. The fourth-order valence-electron chi connectivity index (χ4n) is 3.10. The number of hydrogen-bond donors (Lipinski definition) is 2. The fraction of sp³-hybridized carbons (Fsp3) is 0.636. The summed E-state index contributed by atoms with van der Waals surface area (Å²) in [6, 6.07) is 5.17. The molecule has 0 aromatic heterocycles. The van der Waals surface area contributed by atoms with E-state index in [1.807, 2.05) is 12.1 Å². The van der Waals surface area contributed by atoms with Gasteiger partial charge in [0.25, 0.3) is 0 Å². The van der Waals surface area contributed by atoms with E-state index >= 15 is 0 Å². The second-order valence-electron chi connectivity index (χ2n) is 8.29. The Labute approximate surface area is 157 Å². The molecule has 144 valence electrons. The van der Waals surface area contributed by atoms with Crippen molar-refractivity contribution in [1.82, 2.24) is 10.9 Å². The summed E-state index contributed by atoms with van der Waals surface area (Å²) in [6.45, 7) is 5.75. The first-order chi connectivity index (χ1) is 12.5. The number of benzene rings is 1. The molecule has 2 saturated carbocycles. The van der Waals surface area contributed by atoms with E-state index in [-0.39, 0.29) is 11.4 Å². The average Bonchev–Trinajstić information content (AvgIpc) is 3.39. The highest BCUT2D eigenvalue weighted by molar-refractivity contribution is 5.34. The molecule has 2 aliphatic rings. The van der Waals surface area contributed by atoms with Crippen LogP contribution in [-0.2, 0) is 5.54 Å². The van der Waals surface area contributed by atoms with Gasteiger partial charge in [0.2, 0.25) is 0 Å². The summed E-state index contributed by atoms with van der Waals surface area (Å²) < 4.78 is 19.6. The molecule has 2 aliphatic carbocycles. The number of halogens is 1. The van der Waals surface area contributed by atoms with Gasteiger partial charge in [0.05, 0.1) is 12.1 Å². The number of hydrazine groups is 1. The number of rotatable bonds is 11. The number of hydrogen-bond acceptors (Lipinski definition) is 3. The lowest BCUT2D eigenvalue weighted by atomic mass is 9.91. The van der Waals surface area contributed by atoms with Gasteiger partial charge in [-0.2, -0.15) is 0 Å². The topological polar surface area (TPSA) is 33.3 Å². The summed E-state index contributed by atoms with van der Waals surface area (Å²) in [5.41, 5.74) is 9.08. The molecule has 26 heavy (non-hydrogen) atoms. The molecule has 2 N–H and O–H groups in total. The van der Waals surface area contributed by atoms with E-state index in [1.165, 1.54) is 51.0 Å². The van der Waals surface area contributed by atoms with Gasteiger partial charge in [-0.3, -0.25) is 5.43 Å². The maximum atomic E-state index is 14.0. The molecule has 2 fully saturated rings. The third kappa shape index (κ3) is 5.82. The zero-order chi connectivity index (χ0) is 18.4. The van der Waals surface area contributed by atoms with Gasteiger partial charge in [0.15, 0.2) is 11.6 Å². The van der Waals surface area contributed by atoms with Gasteiger partial charge in [0, 0.05) is 6.54 Å². The van der Waals surface area contributed by atoms with Crippen LogP contribution >= 0.6 is 0 Å². The summed E-state index contributed by atoms with van der Waals surface area (Å²) in [6.07, 6.45) is 12.4. The maximum absolute atomic E-state index is 14.0. The minimum Gasteiger partial charge on any atom is -0.490 e. The maximum Gasteiger partial charge on any atom is 0.165 e. The Morgan fingerprint density at radius 2 is 2.04 bits per heavy atom. The van der Waals surface area contributed by atoms with Crippen LogP contribution in [0.5, 0.6) is 5.75 Å². The molecule has 0 aliphatic heterocycles. The van der Waals surface area contributed by atoms with Crippen LogP contribution in [0, 0.1) is 11.7 Å². The molecule has 0 amide bonds. The predicted molar refractivity (Wildman–Crippen MR) is 105 cm³/mol. The molecule has 3 nitrogen and oxygen atoms in total. The van der Waals surface area contributed by atoms with E-state index in [9.17, 15) is 4.39 Å². The third-order valence-corrected chi connectivity index (χ3v) is 5.41. The SMILES string of the molecule is CC(C)(NNCCCCC=C1CCC1)c1ccc(F)c(OCC2CC2)c1. The highest BCUT2D eigenvalue weighted by Gasteiger charge is 2.24. The minimum atomic E-state index is -0.292. The van der Waals surface area contributed by atoms with E-state index in [1.54, 1.807) is 5.57 Å². The molecule has 1 aromatic carbocycles. The van der Waals surface area contributed by atoms with E-state index in [4.69, 9.17) is 4.74 Å². The summed E-state index contributed by atoms with van der Waals surface area (Å²) in [5, 5.41) is 0. The smallest absolute Gasteiger partial charge is 0.165 e. The van der Waals surface area contributed by atoms with Gasteiger partial charge < -0.3 is 4.74 Å². The van der Waals surface area contributed by atoms with Gasteiger partial charge in [-0.05, 0) is 88.8 Å². The zero-order valence-corrected chi connectivity index (χ0v) is 16.2. The summed E-state index contributed by atoms with van der Waals surface area (Å²) in [5.74, 6) is 0.706. The molecule has 4 heteroatoms. The Morgan fingerprint density at radius 1 is 1.23 bits per heavy atom. The van der Waals surface area contributed by atoms with Crippen LogP contribution in [0.15, 0.2) is 29.8 Å². The number of allylic oxidation sites excluding steroid dienone is 2. The van der Waals surface area contributed by atoms with Gasteiger partial charge >= 0.3 is 0 Å². The van der Waals surface area contributed by atoms with Gasteiger partial charge in [0.1, 0.15) is 0 Å². The van der Waals surface area contributed by atoms with Crippen LogP contribution in [-0.4, -0.2) is 13.2 Å². The number of ether oxygens (including phenoxy) is 1. The van der Waals surface area contributed by atoms with Crippen molar-refractivity contribution in [3.8, 4) is 5.75 Å². The lowest BCUT2D eigenvalue weighted by Gasteiger charge is -2.28. The van der Waals surface area contributed by atoms with Crippen molar-refractivity contribution >= 4 is 0 Å². The zero-order valence-electron chi connectivity index (χ0n) is 16.2. The van der Waals surface area contributed by atoms with E-state index < -0.39 is 0 Å². The minimum absolute atomic E-state index is 0.279. The van der Waals surface area contributed by atoms with Crippen molar-refractivity contribution in [3.63, 3.8) is 0 Å². The van der Waals surface area contributed by atoms with Crippen molar-refractivity contribution in [1.29, 1.82) is 0 Å².